The minimum absolute atomic E-state index is 1.21. The monoisotopic (exact) mass is 209 g/mol. The first-order valence-corrected chi connectivity index (χ1v) is 4.80. The first-order chi connectivity index (χ1) is 7.86. The lowest BCUT2D eigenvalue weighted by Crippen LogP contribution is -1.62. The van der Waals surface area contributed by atoms with Crippen LogP contribution in [0.3, 0.4) is 0 Å². The summed E-state index contributed by atoms with van der Waals surface area (Å²) in [4.78, 5) is 4.88. The molecule has 0 saturated carbocycles. The Morgan fingerprint density at radius 1 is 0.750 bits per heavy atom. The Bertz CT molecular complexity index is 598. The van der Waals surface area contributed by atoms with Gasteiger partial charge in [-0.2, -0.15) is 0 Å². The second kappa shape index (κ2) is 4.38. The fourth-order valence-corrected chi connectivity index (χ4v) is 1.80. The van der Waals surface area contributed by atoms with Crippen molar-refractivity contribution in [3.8, 4) is 0 Å². The number of rotatable bonds is 0. The van der Waals surface area contributed by atoms with Gasteiger partial charge in [0.15, 0.2) is 0 Å². The van der Waals surface area contributed by atoms with Crippen LogP contribution in [-0.2, 0) is 0 Å². The molecule has 78 valence electrons. The van der Waals surface area contributed by atoms with Crippen molar-refractivity contribution >= 4 is 21.8 Å². The largest absolute Gasteiger partial charge is 0.373 e. The van der Waals surface area contributed by atoms with Crippen molar-refractivity contribution in [3.05, 3.63) is 64.5 Å². The van der Waals surface area contributed by atoms with Crippen LogP contribution < -0.4 is 0 Å². The summed E-state index contributed by atoms with van der Waals surface area (Å²) >= 11 is 0. The summed E-state index contributed by atoms with van der Waals surface area (Å²) in [6, 6.07) is 16.8. The van der Waals surface area contributed by atoms with Crippen molar-refractivity contribution in [2.24, 2.45) is 0 Å². The normalized spacial score (nSPS) is 9.50. The average Bonchev–Trinajstić information content (AvgIpc) is 2.68. The number of hydrogen-bond acceptors (Lipinski definition) is 0. The molecule has 0 unspecified atom stereocenters. The maximum atomic E-state index is 6.75. The van der Waals surface area contributed by atoms with E-state index in [1.54, 1.807) is 0 Å². The molecule has 0 aliphatic carbocycles. The summed E-state index contributed by atoms with van der Waals surface area (Å²) < 4.78 is 0. The Morgan fingerprint density at radius 3 is 1.56 bits per heavy atom. The van der Waals surface area contributed by atoms with E-state index in [9.17, 15) is 0 Å². The predicted molar refractivity (Wildman–Crippen MR) is 65.9 cm³/mol. The van der Waals surface area contributed by atoms with Crippen LogP contribution in [0, 0.1) is 0 Å². The zero-order chi connectivity index (χ0) is 11.4. The van der Waals surface area contributed by atoms with Crippen molar-refractivity contribution in [1.29, 1.82) is 0 Å². The van der Waals surface area contributed by atoms with Gasteiger partial charge in [0.25, 0.3) is 0 Å². The highest BCUT2D eigenvalue weighted by Gasteiger charge is 2.00. The highest BCUT2D eigenvalue weighted by Crippen LogP contribution is 2.24. The number of aromatic amines is 1. The molecule has 1 N–H and O–H groups in total. The Morgan fingerprint density at radius 2 is 1.12 bits per heavy atom. The fraction of sp³-hybridized carbons (Fsp3) is 0. The Hall–Kier alpha value is -2.45. The predicted octanol–water partition coefficient (Wildman–Crippen LogP) is 4.19. The van der Waals surface area contributed by atoms with Crippen LogP contribution in [0.5, 0.6) is 0 Å². The Balaban J connectivity index is 0.000000292. The second-order valence-corrected chi connectivity index (χ2v) is 3.31. The van der Waals surface area contributed by atoms with Crippen molar-refractivity contribution in [1.82, 2.24) is 4.98 Å². The molecule has 3 rings (SSSR count). The number of fused-ring (bicyclic) bond motifs is 3. The third kappa shape index (κ3) is 1.69. The van der Waals surface area contributed by atoms with Crippen molar-refractivity contribution in [2.45, 2.75) is 0 Å². The van der Waals surface area contributed by atoms with Gasteiger partial charge in [0, 0.05) is 21.8 Å². The van der Waals surface area contributed by atoms with Gasteiger partial charge in [-0.25, -0.2) is 0 Å². The number of H-pyrrole nitrogens is 1. The number of hydrogen-bond donors (Lipinski definition) is 1. The molecule has 0 bridgehead atoms. The fourth-order valence-electron chi connectivity index (χ4n) is 1.80. The van der Waals surface area contributed by atoms with Gasteiger partial charge in [-0.3, -0.25) is 4.91 Å². The van der Waals surface area contributed by atoms with Gasteiger partial charge < -0.3 is 16.0 Å². The van der Waals surface area contributed by atoms with E-state index < -0.39 is 0 Å². The first-order valence-electron chi connectivity index (χ1n) is 4.80. The molecule has 0 atom stereocenters. The molecule has 1 aromatic heterocycles. The minimum atomic E-state index is 1.21. The lowest BCUT2D eigenvalue weighted by atomic mass is 10.2. The summed E-state index contributed by atoms with van der Waals surface area (Å²) in [7, 11) is 0. The second-order valence-electron chi connectivity index (χ2n) is 3.31. The van der Waals surface area contributed by atoms with Gasteiger partial charge in [0.05, 0.1) is 0 Å². The van der Waals surface area contributed by atoms with Crippen LogP contribution in [0.4, 0.5) is 0 Å². The van der Waals surface area contributed by atoms with E-state index in [2.05, 4.69) is 53.5 Å². The summed E-state index contributed by atoms with van der Waals surface area (Å²) in [5, 5.41) is 2.61. The van der Waals surface area contributed by atoms with Gasteiger partial charge in [-0.1, -0.05) is 36.4 Å². The van der Waals surface area contributed by atoms with Crippen LogP contribution in [-0.4, -0.2) is 4.98 Å². The number of aromatic nitrogens is 1. The summed E-state index contributed by atoms with van der Waals surface area (Å²) in [6.45, 7) is 0. The molecule has 3 aromatic rings. The topological polar surface area (TPSA) is 74.5 Å². The molecule has 4 heteroatoms. The van der Waals surface area contributed by atoms with Gasteiger partial charge in [-0.15, -0.1) is 0 Å². The molecule has 0 amide bonds. The molecule has 0 spiro atoms. The first kappa shape index (κ1) is 10.1. The smallest absolute Gasteiger partial charge is 0.0464 e. The average molecular weight is 209 g/mol. The SMILES string of the molecule is [N-]=[N+]=[N-].c1ccc2c(c1)[nH]c1ccccc12. The van der Waals surface area contributed by atoms with E-state index in [0.717, 1.165) is 0 Å². The van der Waals surface area contributed by atoms with Crippen LogP contribution in [0.15, 0.2) is 48.5 Å². The lowest BCUT2D eigenvalue weighted by molar-refractivity contribution is 1.55. The van der Waals surface area contributed by atoms with Gasteiger partial charge in [0.2, 0.25) is 0 Å². The molecule has 1 heterocycles. The quantitative estimate of drug-likeness (QED) is 0.327. The van der Waals surface area contributed by atoms with E-state index in [-0.39, 0.29) is 0 Å². The van der Waals surface area contributed by atoms with E-state index in [4.69, 9.17) is 11.1 Å². The van der Waals surface area contributed by atoms with E-state index in [0.29, 0.717) is 0 Å². The van der Waals surface area contributed by atoms with E-state index in [1.807, 2.05) is 0 Å². The zero-order valence-electron chi connectivity index (χ0n) is 8.46. The van der Waals surface area contributed by atoms with Gasteiger partial charge >= 0.3 is 0 Å². The van der Waals surface area contributed by atoms with Crippen molar-refractivity contribution in [3.63, 3.8) is 0 Å². The molecule has 0 aliphatic heterocycles. The molecular formula is C12H9N4-. The van der Waals surface area contributed by atoms with Gasteiger partial charge in [0.1, 0.15) is 0 Å². The maximum Gasteiger partial charge on any atom is 0.0464 e. The molecule has 0 radical (unpaired) electrons. The molecule has 2 aromatic carbocycles. The van der Waals surface area contributed by atoms with Crippen LogP contribution in [0.2, 0.25) is 0 Å². The summed E-state index contributed by atoms with van der Waals surface area (Å²) in [6.07, 6.45) is 0. The molecule has 0 saturated heterocycles. The van der Waals surface area contributed by atoms with Crippen molar-refractivity contribution < 1.29 is 0 Å². The van der Waals surface area contributed by atoms with Gasteiger partial charge in [-0.05, 0) is 12.1 Å². The number of benzene rings is 2. The van der Waals surface area contributed by atoms with E-state index >= 15 is 0 Å². The number of para-hydroxylation sites is 2. The van der Waals surface area contributed by atoms with Crippen LogP contribution >= 0.6 is 0 Å². The standard InChI is InChI=1S/C12H9N.N3/c1-3-7-11-9(5-1)10-6-2-4-8-12(10)13-11;1-3-2/h1-8,13H;/q;-1. The number of nitrogens with one attached hydrogen (secondary N) is 1. The summed E-state index contributed by atoms with van der Waals surface area (Å²) in [5.74, 6) is 0. The zero-order valence-corrected chi connectivity index (χ0v) is 8.46. The molecule has 4 nitrogen and oxygen atoms in total. The molecule has 0 fully saturated rings. The summed E-state index contributed by atoms with van der Waals surface area (Å²) in [5.41, 5.74) is 15.9. The third-order valence-electron chi connectivity index (χ3n) is 2.41. The molecular weight excluding hydrogens is 200 g/mol. The highest BCUT2D eigenvalue weighted by atomic mass is 15.0. The molecule has 16 heavy (non-hydrogen) atoms. The Labute approximate surface area is 91.9 Å². The molecule has 0 aliphatic rings. The highest BCUT2D eigenvalue weighted by molar-refractivity contribution is 6.06. The lowest BCUT2D eigenvalue weighted by Gasteiger charge is -1.87. The number of nitrogens with zero attached hydrogens (tertiary/aromatic N) is 3. The third-order valence-corrected chi connectivity index (χ3v) is 2.41. The van der Waals surface area contributed by atoms with Crippen molar-refractivity contribution in [2.75, 3.05) is 0 Å². The maximum absolute atomic E-state index is 6.75. The van der Waals surface area contributed by atoms with E-state index in [1.165, 1.54) is 26.7 Å². The Kier molecular flexibility index (Phi) is 2.76. The minimum Gasteiger partial charge on any atom is -0.373 e. The van der Waals surface area contributed by atoms with Crippen LogP contribution in [0.25, 0.3) is 37.8 Å². The van der Waals surface area contributed by atoms with Crippen LogP contribution in [0.1, 0.15) is 0 Å².